The maximum Gasteiger partial charge on any atom is 0.337 e. The van der Waals surface area contributed by atoms with Gasteiger partial charge < -0.3 is 19.7 Å². The van der Waals surface area contributed by atoms with Crippen molar-refractivity contribution in [2.75, 3.05) is 33.4 Å². The number of nitrogens with zero attached hydrogens (tertiary/aromatic N) is 1. The van der Waals surface area contributed by atoms with Gasteiger partial charge in [0, 0.05) is 24.5 Å². The summed E-state index contributed by atoms with van der Waals surface area (Å²) in [4.78, 5) is 27.5. The molecule has 0 aromatic heterocycles. The fourth-order valence-corrected chi connectivity index (χ4v) is 4.36. The number of carbonyl (C=O) groups is 2. The number of benzene rings is 3. The molecule has 0 bridgehead atoms. The standard InChI is InChI=1S/C29H32N2O4/c1-3-31-17-15-25(16-18-31)30-28(32)24(19-21-11-13-23(14-12-21)29(33)34-2)20-35-27-10-6-8-22-7-4-5-9-26(22)27/h4-14,19,25H,3,15-18,20H2,1-2H3,(H,30,32)/b24-19+. The molecule has 3 aromatic rings. The molecule has 1 amide bonds. The van der Waals surface area contributed by atoms with Crippen molar-refractivity contribution in [2.24, 2.45) is 0 Å². The predicted octanol–water partition coefficient (Wildman–Crippen LogP) is 4.69. The highest BCUT2D eigenvalue weighted by Gasteiger charge is 2.21. The summed E-state index contributed by atoms with van der Waals surface area (Å²) in [5.74, 6) is 0.215. The second-order valence-corrected chi connectivity index (χ2v) is 8.73. The Morgan fingerprint density at radius 1 is 1.00 bits per heavy atom. The topological polar surface area (TPSA) is 67.9 Å². The molecule has 35 heavy (non-hydrogen) atoms. The van der Waals surface area contributed by atoms with Crippen molar-refractivity contribution >= 4 is 28.7 Å². The van der Waals surface area contributed by atoms with Crippen LogP contribution in [-0.2, 0) is 9.53 Å². The molecule has 1 fully saturated rings. The number of fused-ring (bicyclic) bond motifs is 1. The summed E-state index contributed by atoms with van der Waals surface area (Å²) in [7, 11) is 1.36. The van der Waals surface area contributed by atoms with Gasteiger partial charge in [-0.1, -0.05) is 55.5 Å². The van der Waals surface area contributed by atoms with Gasteiger partial charge in [0.05, 0.1) is 18.2 Å². The van der Waals surface area contributed by atoms with Gasteiger partial charge in [-0.05, 0) is 54.6 Å². The van der Waals surface area contributed by atoms with Crippen molar-refractivity contribution in [1.82, 2.24) is 10.2 Å². The van der Waals surface area contributed by atoms with E-state index in [-0.39, 0.29) is 18.6 Å². The number of methoxy groups -OCH3 is 1. The zero-order valence-electron chi connectivity index (χ0n) is 20.3. The van der Waals surface area contributed by atoms with Gasteiger partial charge in [0.2, 0.25) is 0 Å². The van der Waals surface area contributed by atoms with Gasteiger partial charge in [0.1, 0.15) is 12.4 Å². The number of rotatable bonds is 8. The summed E-state index contributed by atoms with van der Waals surface area (Å²) in [5.41, 5.74) is 1.80. The van der Waals surface area contributed by atoms with Crippen LogP contribution in [0.15, 0.2) is 72.3 Å². The summed E-state index contributed by atoms with van der Waals surface area (Å²) in [6.07, 6.45) is 3.69. The third-order valence-corrected chi connectivity index (χ3v) is 6.47. The quantitative estimate of drug-likeness (QED) is 0.381. The molecule has 1 aliphatic heterocycles. The van der Waals surface area contributed by atoms with E-state index in [9.17, 15) is 9.59 Å². The highest BCUT2D eigenvalue weighted by molar-refractivity contribution is 5.98. The second-order valence-electron chi connectivity index (χ2n) is 8.73. The molecule has 0 radical (unpaired) electrons. The Bertz CT molecular complexity index is 1190. The number of hydrogen-bond donors (Lipinski definition) is 1. The minimum absolute atomic E-state index is 0.128. The van der Waals surface area contributed by atoms with E-state index in [0.29, 0.717) is 11.1 Å². The Labute approximate surface area is 206 Å². The Balaban J connectivity index is 1.54. The van der Waals surface area contributed by atoms with Gasteiger partial charge in [-0.15, -0.1) is 0 Å². The van der Waals surface area contributed by atoms with Gasteiger partial charge >= 0.3 is 5.97 Å². The van der Waals surface area contributed by atoms with E-state index in [0.717, 1.165) is 54.6 Å². The van der Waals surface area contributed by atoms with Gasteiger partial charge in [0.25, 0.3) is 5.91 Å². The second kappa shape index (κ2) is 11.7. The Kier molecular flexibility index (Phi) is 8.16. The van der Waals surface area contributed by atoms with Gasteiger partial charge in [-0.2, -0.15) is 0 Å². The smallest absolute Gasteiger partial charge is 0.337 e. The number of likely N-dealkylation sites (tertiary alicyclic amines) is 1. The van der Waals surface area contributed by atoms with Crippen LogP contribution in [0.3, 0.4) is 0 Å². The lowest BCUT2D eigenvalue weighted by molar-refractivity contribution is -0.118. The van der Waals surface area contributed by atoms with Crippen molar-refractivity contribution < 1.29 is 19.1 Å². The molecule has 0 aliphatic carbocycles. The molecule has 3 aromatic carbocycles. The summed E-state index contributed by atoms with van der Waals surface area (Å²) < 4.78 is 10.9. The molecule has 1 heterocycles. The zero-order valence-corrected chi connectivity index (χ0v) is 20.3. The molecular weight excluding hydrogens is 440 g/mol. The maximum atomic E-state index is 13.3. The third-order valence-electron chi connectivity index (χ3n) is 6.47. The van der Waals surface area contributed by atoms with E-state index in [2.05, 4.69) is 17.1 Å². The number of piperidine rings is 1. The van der Waals surface area contributed by atoms with Crippen LogP contribution in [0.1, 0.15) is 35.7 Å². The van der Waals surface area contributed by atoms with Crippen molar-refractivity contribution in [3.8, 4) is 5.75 Å². The molecular formula is C29H32N2O4. The maximum absolute atomic E-state index is 13.3. The average Bonchev–Trinajstić information content (AvgIpc) is 2.91. The molecule has 0 spiro atoms. The van der Waals surface area contributed by atoms with Crippen molar-refractivity contribution in [2.45, 2.75) is 25.8 Å². The van der Waals surface area contributed by atoms with Crippen LogP contribution in [0.25, 0.3) is 16.8 Å². The molecule has 1 N–H and O–H groups in total. The first-order chi connectivity index (χ1) is 17.1. The van der Waals surface area contributed by atoms with E-state index >= 15 is 0 Å². The molecule has 1 aliphatic rings. The van der Waals surface area contributed by atoms with E-state index in [1.54, 1.807) is 24.3 Å². The lowest BCUT2D eigenvalue weighted by atomic mass is 10.0. The highest BCUT2D eigenvalue weighted by Crippen LogP contribution is 2.26. The Morgan fingerprint density at radius 2 is 1.71 bits per heavy atom. The number of nitrogens with one attached hydrogen (secondary N) is 1. The van der Waals surface area contributed by atoms with Crippen LogP contribution in [0.5, 0.6) is 5.75 Å². The van der Waals surface area contributed by atoms with Crippen LogP contribution >= 0.6 is 0 Å². The van der Waals surface area contributed by atoms with Gasteiger partial charge in [-0.3, -0.25) is 4.79 Å². The molecule has 182 valence electrons. The minimum atomic E-state index is -0.392. The normalized spacial score (nSPS) is 15.1. The van der Waals surface area contributed by atoms with Gasteiger partial charge in [-0.25, -0.2) is 4.79 Å². The Morgan fingerprint density at radius 3 is 2.43 bits per heavy atom. The number of ether oxygens (including phenoxy) is 2. The average molecular weight is 473 g/mol. The van der Waals surface area contributed by atoms with Crippen LogP contribution in [0.2, 0.25) is 0 Å². The largest absolute Gasteiger partial charge is 0.488 e. The number of esters is 1. The highest BCUT2D eigenvalue weighted by atomic mass is 16.5. The van der Waals surface area contributed by atoms with Crippen LogP contribution in [0, 0.1) is 0 Å². The summed E-state index contributed by atoms with van der Waals surface area (Å²) >= 11 is 0. The first-order valence-corrected chi connectivity index (χ1v) is 12.1. The van der Waals surface area contributed by atoms with Crippen molar-refractivity contribution in [1.29, 1.82) is 0 Å². The zero-order chi connectivity index (χ0) is 24.6. The van der Waals surface area contributed by atoms with Crippen molar-refractivity contribution in [3.05, 3.63) is 83.4 Å². The summed E-state index contributed by atoms with van der Waals surface area (Å²) in [5, 5.41) is 5.30. The first kappa shape index (κ1) is 24.5. The van der Waals surface area contributed by atoms with Crippen LogP contribution in [0.4, 0.5) is 0 Å². The predicted molar refractivity (Wildman–Crippen MR) is 138 cm³/mol. The molecule has 1 saturated heterocycles. The molecule has 4 rings (SSSR count). The van der Waals surface area contributed by atoms with E-state index in [1.165, 1.54) is 7.11 Å². The van der Waals surface area contributed by atoms with E-state index in [1.807, 2.05) is 48.5 Å². The van der Waals surface area contributed by atoms with E-state index < -0.39 is 5.97 Å². The van der Waals surface area contributed by atoms with E-state index in [4.69, 9.17) is 9.47 Å². The fraction of sp³-hybridized carbons (Fsp3) is 0.310. The monoisotopic (exact) mass is 472 g/mol. The number of carbonyl (C=O) groups excluding carboxylic acids is 2. The Hall–Kier alpha value is -3.64. The minimum Gasteiger partial charge on any atom is -0.488 e. The van der Waals surface area contributed by atoms with Crippen LogP contribution < -0.4 is 10.1 Å². The fourth-order valence-electron chi connectivity index (χ4n) is 4.36. The molecule has 0 unspecified atom stereocenters. The molecule has 0 saturated carbocycles. The molecule has 0 atom stereocenters. The first-order valence-electron chi connectivity index (χ1n) is 12.1. The SMILES string of the molecule is CCN1CCC(NC(=O)/C(=C/c2ccc(C(=O)OC)cc2)COc2cccc3ccccc23)CC1. The van der Waals surface area contributed by atoms with Crippen molar-refractivity contribution in [3.63, 3.8) is 0 Å². The number of amides is 1. The lowest BCUT2D eigenvalue weighted by Crippen LogP contribution is -2.45. The van der Waals surface area contributed by atoms with Gasteiger partial charge in [0.15, 0.2) is 0 Å². The molecule has 6 nitrogen and oxygen atoms in total. The molecule has 6 heteroatoms. The van der Waals surface area contributed by atoms with Crippen LogP contribution in [-0.4, -0.2) is 56.2 Å². The number of hydrogen-bond acceptors (Lipinski definition) is 5. The summed E-state index contributed by atoms with van der Waals surface area (Å²) in [6, 6.07) is 21.1. The third kappa shape index (κ3) is 6.28. The summed E-state index contributed by atoms with van der Waals surface area (Å²) in [6.45, 7) is 5.30. The lowest BCUT2D eigenvalue weighted by Gasteiger charge is -2.31.